The van der Waals surface area contributed by atoms with E-state index in [-0.39, 0.29) is 19.0 Å². The van der Waals surface area contributed by atoms with E-state index >= 15 is 0 Å². The smallest absolute Gasteiger partial charge is 0.414 e. The number of hydrogen-bond acceptors (Lipinski definition) is 5. The lowest BCUT2D eigenvalue weighted by molar-refractivity contribution is -0.119. The second-order valence-electron chi connectivity index (χ2n) is 7.71. The standard InChI is InChI=1S/C23H24F2N4O4/c1-15(30)26-12-19-13-29(23(31)33-19)17-3-4-20(21(25)10-17)16-5-7-28-18(11-27-22(28)9-16)14-32-8-2-6-24/h3-5,7,9-11,19H,2,6,8,12-14H2,1H3,(H,26,30)/t19-/m0/s1. The Morgan fingerprint density at radius 3 is 2.94 bits per heavy atom. The molecule has 2 aromatic heterocycles. The molecule has 0 unspecified atom stereocenters. The zero-order valence-corrected chi connectivity index (χ0v) is 18.1. The number of fused-ring (bicyclic) bond motifs is 1. The molecule has 1 saturated heterocycles. The molecule has 0 bridgehead atoms. The van der Waals surface area contributed by atoms with Crippen molar-refractivity contribution in [3.63, 3.8) is 0 Å². The highest BCUT2D eigenvalue weighted by Gasteiger charge is 2.32. The maximum Gasteiger partial charge on any atom is 0.414 e. The topological polar surface area (TPSA) is 85.2 Å². The first-order valence-corrected chi connectivity index (χ1v) is 10.6. The van der Waals surface area contributed by atoms with Crippen molar-refractivity contribution in [1.29, 1.82) is 0 Å². The molecule has 174 valence electrons. The van der Waals surface area contributed by atoms with Crippen LogP contribution in [0.15, 0.2) is 42.7 Å². The lowest BCUT2D eigenvalue weighted by atomic mass is 10.1. The van der Waals surface area contributed by atoms with Crippen molar-refractivity contribution < 1.29 is 27.8 Å². The van der Waals surface area contributed by atoms with E-state index in [0.29, 0.717) is 42.1 Å². The molecule has 0 spiro atoms. The Bertz CT molecular complexity index is 1170. The number of carbonyl (C=O) groups is 2. The van der Waals surface area contributed by atoms with Crippen molar-refractivity contribution in [3.05, 3.63) is 54.2 Å². The first-order valence-electron chi connectivity index (χ1n) is 10.6. The summed E-state index contributed by atoms with van der Waals surface area (Å²) in [5.74, 6) is -0.706. The number of halogens is 2. The van der Waals surface area contributed by atoms with Crippen LogP contribution in [-0.2, 0) is 20.9 Å². The zero-order chi connectivity index (χ0) is 23.4. The first kappa shape index (κ1) is 22.7. The van der Waals surface area contributed by atoms with E-state index in [1.54, 1.807) is 36.7 Å². The molecule has 33 heavy (non-hydrogen) atoms. The fourth-order valence-corrected chi connectivity index (χ4v) is 3.64. The lowest BCUT2D eigenvalue weighted by Crippen LogP contribution is -2.33. The van der Waals surface area contributed by atoms with Crippen LogP contribution in [0.25, 0.3) is 16.8 Å². The van der Waals surface area contributed by atoms with Gasteiger partial charge in [-0.1, -0.05) is 0 Å². The van der Waals surface area contributed by atoms with Gasteiger partial charge in [0.1, 0.15) is 17.6 Å². The van der Waals surface area contributed by atoms with Gasteiger partial charge >= 0.3 is 6.09 Å². The van der Waals surface area contributed by atoms with E-state index in [4.69, 9.17) is 9.47 Å². The van der Waals surface area contributed by atoms with E-state index in [0.717, 1.165) is 5.69 Å². The van der Waals surface area contributed by atoms with Gasteiger partial charge in [0.2, 0.25) is 5.91 Å². The average molecular weight is 458 g/mol. The summed E-state index contributed by atoms with van der Waals surface area (Å²) in [5, 5.41) is 2.61. The molecule has 0 saturated carbocycles. The number of nitrogens with zero attached hydrogens (tertiary/aromatic N) is 3. The number of imidazole rings is 1. The highest BCUT2D eigenvalue weighted by atomic mass is 19.1. The maximum absolute atomic E-state index is 15.0. The Morgan fingerprint density at radius 2 is 2.18 bits per heavy atom. The van der Waals surface area contributed by atoms with Gasteiger partial charge in [-0.05, 0) is 42.3 Å². The number of nitrogens with one attached hydrogen (secondary N) is 1. The molecular weight excluding hydrogens is 434 g/mol. The number of ether oxygens (including phenoxy) is 2. The van der Waals surface area contributed by atoms with Gasteiger partial charge in [0, 0.05) is 25.3 Å². The molecule has 0 aliphatic carbocycles. The minimum atomic E-state index is -0.586. The molecule has 8 nitrogen and oxygen atoms in total. The van der Waals surface area contributed by atoms with Gasteiger partial charge in [0.15, 0.2) is 0 Å². The van der Waals surface area contributed by atoms with E-state index in [9.17, 15) is 18.4 Å². The van der Waals surface area contributed by atoms with Crippen LogP contribution in [0.3, 0.4) is 0 Å². The fraction of sp³-hybridized carbons (Fsp3) is 0.348. The third-order valence-electron chi connectivity index (χ3n) is 5.29. The van der Waals surface area contributed by atoms with E-state index in [1.165, 1.54) is 17.9 Å². The van der Waals surface area contributed by atoms with Gasteiger partial charge in [0.05, 0.1) is 43.9 Å². The SMILES string of the molecule is CC(=O)NC[C@H]1CN(c2ccc(-c3ccn4c(COCCCF)cnc4c3)c(F)c2)C(=O)O1. The Balaban J connectivity index is 1.49. The number of amides is 2. The minimum absolute atomic E-state index is 0.200. The van der Waals surface area contributed by atoms with E-state index in [2.05, 4.69) is 10.3 Å². The molecule has 1 aliphatic heterocycles. The van der Waals surface area contributed by atoms with Gasteiger partial charge < -0.3 is 19.2 Å². The molecule has 1 N–H and O–H groups in total. The molecule has 1 atom stereocenters. The normalized spacial score (nSPS) is 15.8. The first-order chi connectivity index (χ1) is 16.0. The predicted molar refractivity (Wildman–Crippen MR) is 117 cm³/mol. The summed E-state index contributed by atoms with van der Waals surface area (Å²) < 4.78 is 39.7. The van der Waals surface area contributed by atoms with Crippen LogP contribution in [0.5, 0.6) is 0 Å². The van der Waals surface area contributed by atoms with Crippen LogP contribution in [0.4, 0.5) is 19.3 Å². The van der Waals surface area contributed by atoms with Crippen LogP contribution >= 0.6 is 0 Å². The number of anilines is 1. The second kappa shape index (κ2) is 9.95. The highest BCUT2D eigenvalue weighted by molar-refractivity contribution is 5.90. The predicted octanol–water partition coefficient (Wildman–Crippen LogP) is 3.48. The maximum atomic E-state index is 15.0. The van der Waals surface area contributed by atoms with Crippen molar-refractivity contribution in [2.24, 2.45) is 0 Å². The molecule has 3 heterocycles. The summed E-state index contributed by atoms with van der Waals surface area (Å²) >= 11 is 0. The summed E-state index contributed by atoms with van der Waals surface area (Å²) in [5.41, 5.74) is 2.82. The molecule has 1 fully saturated rings. The van der Waals surface area contributed by atoms with Crippen LogP contribution in [0.2, 0.25) is 0 Å². The van der Waals surface area contributed by atoms with Crippen molar-refractivity contribution in [2.45, 2.75) is 26.1 Å². The number of rotatable bonds is 9. The van der Waals surface area contributed by atoms with Gasteiger partial charge in [-0.15, -0.1) is 0 Å². The zero-order valence-electron chi connectivity index (χ0n) is 18.1. The van der Waals surface area contributed by atoms with Crippen LogP contribution < -0.4 is 10.2 Å². The quantitative estimate of drug-likeness (QED) is 0.497. The number of aromatic nitrogens is 2. The molecule has 2 amide bonds. The molecule has 10 heteroatoms. The molecule has 4 rings (SSSR count). The van der Waals surface area contributed by atoms with Crippen LogP contribution in [0.1, 0.15) is 19.0 Å². The van der Waals surface area contributed by atoms with E-state index in [1.807, 2.05) is 4.40 Å². The average Bonchev–Trinajstić information content (AvgIpc) is 3.38. The molecular formula is C23H24F2N4O4. The Morgan fingerprint density at radius 1 is 1.33 bits per heavy atom. The summed E-state index contributed by atoms with van der Waals surface area (Å²) in [6, 6.07) is 8.08. The molecule has 3 aromatic rings. The van der Waals surface area contributed by atoms with Crippen molar-refractivity contribution >= 4 is 23.3 Å². The van der Waals surface area contributed by atoms with Crippen molar-refractivity contribution in [1.82, 2.24) is 14.7 Å². The van der Waals surface area contributed by atoms with Gasteiger partial charge in [-0.3, -0.25) is 14.1 Å². The van der Waals surface area contributed by atoms with E-state index < -0.39 is 24.7 Å². The number of cyclic esters (lactones) is 1. The Kier molecular flexibility index (Phi) is 6.83. The fourth-order valence-electron chi connectivity index (χ4n) is 3.64. The van der Waals surface area contributed by atoms with Crippen LogP contribution in [-0.4, -0.2) is 53.9 Å². The monoisotopic (exact) mass is 458 g/mol. The number of alkyl halides is 1. The van der Waals surface area contributed by atoms with Crippen molar-refractivity contribution in [2.75, 3.05) is 31.3 Å². The number of carbonyl (C=O) groups excluding carboxylic acids is 2. The van der Waals surface area contributed by atoms with Crippen LogP contribution in [0, 0.1) is 5.82 Å². The minimum Gasteiger partial charge on any atom is -0.442 e. The molecule has 1 aromatic carbocycles. The van der Waals surface area contributed by atoms with Crippen molar-refractivity contribution in [3.8, 4) is 11.1 Å². The molecule has 0 radical (unpaired) electrons. The number of hydrogen-bond donors (Lipinski definition) is 1. The summed E-state index contributed by atoms with van der Waals surface area (Å²) in [4.78, 5) is 28.9. The Labute approximate surface area is 189 Å². The summed E-state index contributed by atoms with van der Waals surface area (Å²) in [6.45, 7) is 2.01. The highest BCUT2D eigenvalue weighted by Crippen LogP contribution is 2.29. The summed E-state index contributed by atoms with van der Waals surface area (Å²) in [6.07, 6.45) is 2.72. The largest absolute Gasteiger partial charge is 0.442 e. The second-order valence-corrected chi connectivity index (χ2v) is 7.71. The third kappa shape index (κ3) is 5.11. The van der Waals surface area contributed by atoms with Gasteiger partial charge in [0.25, 0.3) is 0 Å². The Hall–Kier alpha value is -3.53. The summed E-state index contributed by atoms with van der Waals surface area (Å²) in [7, 11) is 0. The van der Waals surface area contributed by atoms with Gasteiger partial charge in [-0.25, -0.2) is 14.2 Å². The lowest BCUT2D eigenvalue weighted by Gasteiger charge is -2.14. The number of pyridine rings is 1. The third-order valence-corrected chi connectivity index (χ3v) is 5.29. The van der Waals surface area contributed by atoms with Gasteiger partial charge in [-0.2, -0.15) is 0 Å². The molecule has 1 aliphatic rings. The number of benzene rings is 1.